The third-order valence-electron chi connectivity index (χ3n) is 10.1. The highest BCUT2D eigenvalue weighted by Crippen LogP contribution is 2.43. The summed E-state index contributed by atoms with van der Waals surface area (Å²) in [7, 11) is 1.62. The zero-order valence-electron chi connectivity index (χ0n) is 28.6. The number of hydrogen-bond acceptors (Lipinski definition) is 8. The van der Waals surface area contributed by atoms with Gasteiger partial charge in [-0.2, -0.15) is 0 Å². The maximum Gasteiger partial charge on any atom is 0.220 e. The van der Waals surface area contributed by atoms with Gasteiger partial charge in [0.2, 0.25) is 11.8 Å². The van der Waals surface area contributed by atoms with E-state index in [-0.39, 0.29) is 29.1 Å². The van der Waals surface area contributed by atoms with Gasteiger partial charge in [-0.15, -0.1) is 0 Å². The summed E-state index contributed by atoms with van der Waals surface area (Å²) in [6.45, 7) is 6.54. The standard InChI is InChI=1S/C38H40Cl2FN7O3/c1-23(49)48-15-12-38(22-48)20-47(21-38)19-26-10-13-44-37(35(26)41)46-30-5-3-4-28(33(30)39)29-11-14-43-36(34(29)40)24-6-7-25(31(16-24)51-2)17-42-18-27-8-9-32(50)45-27/h3-7,10-11,13-14,16,27,42H,8-9,12,15,17-22H2,1-2H3,(H,44,46)(H,45,50)/t27-/m0/s1. The number of amides is 2. The Morgan fingerprint density at radius 2 is 1.86 bits per heavy atom. The van der Waals surface area contributed by atoms with Crippen molar-refractivity contribution in [3.8, 4) is 28.1 Å². The first-order valence-electron chi connectivity index (χ1n) is 17.1. The van der Waals surface area contributed by atoms with Crippen LogP contribution in [-0.2, 0) is 22.7 Å². The Morgan fingerprint density at radius 3 is 2.61 bits per heavy atom. The second-order valence-corrected chi connectivity index (χ2v) is 14.5. The number of hydrogen-bond donors (Lipinski definition) is 3. The molecule has 10 nitrogen and oxygen atoms in total. The van der Waals surface area contributed by atoms with E-state index in [1.165, 1.54) is 0 Å². The van der Waals surface area contributed by atoms with E-state index in [1.54, 1.807) is 44.6 Å². The van der Waals surface area contributed by atoms with E-state index in [9.17, 15) is 9.59 Å². The predicted octanol–water partition coefficient (Wildman–Crippen LogP) is 6.43. The molecule has 0 bridgehead atoms. The molecule has 3 fully saturated rings. The van der Waals surface area contributed by atoms with E-state index in [0.717, 1.165) is 50.1 Å². The average molecular weight is 733 g/mol. The third kappa shape index (κ3) is 7.39. The molecule has 5 heterocycles. The van der Waals surface area contributed by atoms with Gasteiger partial charge in [0.05, 0.1) is 28.5 Å². The van der Waals surface area contributed by atoms with Gasteiger partial charge in [-0.25, -0.2) is 9.37 Å². The van der Waals surface area contributed by atoms with Gasteiger partial charge in [0.1, 0.15) is 5.75 Å². The number of ether oxygens (including phenoxy) is 1. The number of methoxy groups -OCH3 is 1. The molecule has 3 saturated heterocycles. The molecule has 1 atom stereocenters. The number of aromatic nitrogens is 2. The number of carbonyl (C=O) groups excluding carboxylic acids is 2. The second-order valence-electron chi connectivity index (χ2n) is 13.7. The zero-order valence-corrected chi connectivity index (χ0v) is 30.1. The normalized spacial score (nSPS) is 18.2. The fourth-order valence-electron chi connectivity index (χ4n) is 7.48. The van der Waals surface area contributed by atoms with Crippen molar-refractivity contribution in [1.82, 2.24) is 30.4 Å². The van der Waals surface area contributed by atoms with Crippen molar-refractivity contribution in [2.24, 2.45) is 5.41 Å². The summed E-state index contributed by atoms with van der Waals surface area (Å²) in [6, 6.07) is 14.9. The van der Waals surface area contributed by atoms with Gasteiger partial charge in [-0.3, -0.25) is 19.5 Å². The van der Waals surface area contributed by atoms with E-state index in [2.05, 4.69) is 30.8 Å². The number of rotatable bonds is 11. The van der Waals surface area contributed by atoms with E-state index in [4.69, 9.17) is 27.9 Å². The lowest BCUT2D eigenvalue weighted by Gasteiger charge is -2.48. The van der Waals surface area contributed by atoms with Crippen molar-refractivity contribution >= 4 is 46.5 Å². The lowest BCUT2D eigenvalue weighted by molar-refractivity contribution is -0.129. The molecule has 3 aliphatic rings. The van der Waals surface area contributed by atoms with Gasteiger partial charge in [-0.05, 0) is 37.1 Å². The molecule has 13 heteroatoms. The number of anilines is 2. The summed E-state index contributed by atoms with van der Waals surface area (Å²) in [5.41, 5.74) is 4.77. The van der Waals surface area contributed by atoms with E-state index < -0.39 is 5.82 Å². The molecule has 266 valence electrons. The summed E-state index contributed by atoms with van der Waals surface area (Å²) >= 11 is 14.0. The quantitative estimate of drug-likeness (QED) is 0.162. The van der Waals surface area contributed by atoms with Gasteiger partial charge in [0.25, 0.3) is 0 Å². The van der Waals surface area contributed by atoms with Crippen molar-refractivity contribution in [3.63, 3.8) is 0 Å². The fourth-order valence-corrected chi connectivity index (χ4v) is 8.07. The highest BCUT2D eigenvalue weighted by Gasteiger charge is 2.48. The Bertz CT molecular complexity index is 1970. The summed E-state index contributed by atoms with van der Waals surface area (Å²) in [5, 5.41) is 10.3. The van der Waals surface area contributed by atoms with Gasteiger partial charge in [-0.1, -0.05) is 47.5 Å². The summed E-state index contributed by atoms with van der Waals surface area (Å²) in [4.78, 5) is 36.3. The van der Waals surface area contributed by atoms with Gasteiger partial charge < -0.3 is 25.6 Å². The lowest BCUT2D eigenvalue weighted by Crippen LogP contribution is -2.57. The molecule has 3 N–H and O–H groups in total. The van der Waals surface area contributed by atoms with Crippen LogP contribution in [-0.4, -0.2) is 77.5 Å². The van der Waals surface area contributed by atoms with Crippen molar-refractivity contribution in [2.75, 3.05) is 45.2 Å². The highest BCUT2D eigenvalue weighted by atomic mass is 35.5. The van der Waals surface area contributed by atoms with Crippen LogP contribution in [0.2, 0.25) is 10.0 Å². The Balaban J connectivity index is 1.05. The second kappa shape index (κ2) is 14.7. The average Bonchev–Trinajstić information content (AvgIpc) is 3.74. The van der Waals surface area contributed by atoms with Crippen molar-refractivity contribution < 1.29 is 18.7 Å². The van der Waals surface area contributed by atoms with Gasteiger partial charge in [0, 0.05) is 111 Å². The van der Waals surface area contributed by atoms with Crippen LogP contribution in [0.5, 0.6) is 5.75 Å². The number of carbonyl (C=O) groups is 2. The number of benzene rings is 2. The van der Waals surface area contributed by atoms with Crippen LogP contribution < -0.4 is 20.7 Å². The predicted molar refractivity (Wildman–Crippen MR) is 197 cm³/mol. The molecule has 3 aliphatic heterocycles. The molecule has 0 saturated carbocycles. The van der Waals surface area contributed by atoms with Crippen molar-refractivity contribution in [2.45, 2.75) is 45.3 Å². The Hall–Kier alpha value is -4.29. The molecular weight excluding hydrogens is 692 g/mol. The lowest BCUT2D eigenvalue weighted by atomic mass is 9.79. The largest absolute Gasteiger partial charge is 0.496 e. The first-order valence-corrected chi connectivity index (χ1v) is 17.9. The SMILES string of the molecule is COc1cc(-c2nccc(-c3cccc(Nc4nccc(CN5CC6(CCN(C(C)=O)C6)C5)c4F)c3Cl)c2Cl)ccc1CNC[C@@H]1CCC(=O)N1. The number of nitrogens with zero attached hydrogens (tertiary/aromatic N) is 4. The summed E-state index contributed by atoms with van der Waals surface area (Å²) in [6.07, 6.45) is 5.65. The Kier molecular flexibility index (Phi) is 10.2. The number of halogens is 3. The van der Waals surface area contributed by atoms with Crippen LogP contribution >= 0.6 is 23.2 Å². The van der Waals surface area contributed by atoms with Gasteiger partial charge >= 0.3 is 0 Å². The molecular formula is C38H40Cl2FN7O3. The minimum Gasteiger partial charge on any atom is -0.496 e. The maximum absolute atomic E-state index is 15.8. The van der Waals surface area contributed by atoms with E-state index >= 15 is 4.39 Å². The molecule has 0 aliphatic carbocycles. The van der Waals surface area contributed by atoms with Crippen LogP contribution in [0, 0.1) is 11.2 Å². The summed E-state index contributed by atoms with van der Waals surface area (Å²) in [5.74, 6) is 0.544. The molecule has 0 unspecified atom stereocenters. The van der Waals surface area contributed by atoms with Crippen LogP contribution in [0.25, 0.3) is 22.4 Å². The molecule has 2 aromatic carbocycles. The molecule has 2 aromatic heterocycles. The minimum absolute atomic E-state index is 0.0848. The minimum atomic E-state index is -0.432. The monoisotopic (exact) mass is 731 g/mol. The fraction of sp³-hybridized carbons (Fsp3) is 0.368. The molecule has 1 spiro atoms. The van der Waals surface area contributed by atoms with E-state index in [1.807, 2.05) is 35.2 Å². The van der Waals surface area contributed by atoms with E-state index in [0.29, 0.717) is 69.9 Å². The molecule has 2 amide bonds. The molecule has 7 rings (SSSR count). The van der Waals surface area contributed by atoms with Crippen molar-refractivity contribution in [3.05, 3.63) is 87.9 Å². The number of nitrogens with one attached hydrogen (secondary N) is 3. The third-order valence-corrected chi connectivity index (χ3v) is 10.9. The van der Waals surface area contributed by atoms with Crippen LogP contribution in [0.1, 0.15) is 37.3 Å². The van der Waals surface area contributed by atoms with Crippen LogP contribution in [0.15, 0.2) is 60.9 Å². The first kappa shape index (κ1) is 35.1. The summed E-state index contributed by atoms with van der Waals surface area (Å²) < 4.78 is 21.5. The highest BCUT2D eigenvalue weighted by molar-refractivity contribution is 6.39. The van der Waals surface area contributed by atoms with Crippen LogP contribution in [0.3, 0.4) is 0 Å². The topological polar surface area (TPSA) is 112 Å². The van der Waals surface area contributed by atoms with Crippen molar-refractivity contribution in [1.29, 1.82) is 0 Å². The van der Waals surface area contributed by atoms with Crippen LogP contribution in [0.4, 0.5) is 15.9 Å². The molecule has 0 radical (unpaired) electrons. The first-order chi connectivity index (χ1) is 24.6. The molecule has 51 heavy (non-hydrogen) atoms. The molecule has 4 aromatic rings. The number of pyridine rings is 2. The zero-order chi connectivity index (χ0) is 35.7. The van der Waals surface area contributed by atoms with Gasteiger partial charge in [0.15, 0.2) is 11.6 Å². The maximum atomic E-state index is 15.8. The number of likely N-dealkylation sites (tertiary alicyclic amines) is 2. The Labute approximate surface area is 306 Å². The smallest absolute Gasteiger partial charge is 0.220 e. The Morgan fingerprint density at radius 1 is 1.06 bits per heavy atom.